The number of hydrogen-bond acceptors (Lipinski definition) is 1. The monoisotopic (exact) mass is 103 g/mol. The molecule has 26 valence electrons. The standard InChI is InChI=1S/CH2O3.K.H/c2-1(3)4;;/h(H2,2,3,4);;/q;+1;-1/p+1. The Bertz CT molecular complexity index is 35.9. The molecule has 0 heterocycles. The smallest absolute Gasteiger partial charge is 1.00 e. The molecule has 0 fully saturated rings. The minimum Gasteiger partial charge on any atom is -1.00 e. The molecule has 3 nitrogen and oxygen atoms in total. The van der Waals surface area contributed by atoms with E-state index in [4.69, 9.17) is 15.0 Å². The molecule has 0 aromatic rings. The van der Waals surface area contributed by atoms with Crippen LogP contribution in [0.3, 0.4) is 0 Å². The SMILES string of the molecule is O=C(O)O.[H+].[H-].[K+]. The first-order valence-corrected chi connectivity index (χ1v) is 0.651. The fourth-order valence-electron chi connectivity index (χ4n) is 0. The number of carboxylic acid groups (broad SMARTS) is 2. The number of carbonyl (C=O) groups is 1. The minimum atomic E-state index is -1.83. The topological polar surface area (TPSA) is 57.5 Å². The van der Waals surface area contributed by atoms with E-state index in [1.54, 1.807) is 0 Å². The summed E-state index contributed by atoms with van der Waals surface area (Å²) < 4.78 is 0. The van der Waals surface area contributed by atoms with Gasteiger partial charge in [0.25, 0.3) is 0 Å². The van der Waals surface area contributed by atoms with Crippen molar-refractivity contribution in [1.82, 2.24) is 0 Å². The number of rotatable bonds is 0. The van der Waals surface area contributed by atoms with Crippen LogP contribution in [-0.4, -0.2) is 16.4 Å². The zero-order valence-electron chi connectivity index (χ0n) is 4.80. The van der Waals surface area contributed by atoms with Gasteiger partial charge in [-0.05, 0) is 0 Å². The van der Waals surface area contributed by atoms with E-state index in [-0.39, 0.29) is 54.2 Å². The van der Waals surface area contributed by atoms with Crippen molar-refractivity contribution >= 4 is 6.16 Å². The quantitative estimate of drug-likeness (QED) is 0.332. The van der Waals surface area contributed by atoms with E-state index >= 15 is 0 Å². The fourth-order valence-corrected chi connectivity index (χ4v) is 0. The second-order valence-corrected chi connectivity index (χ2v) is 0.283. The zero-order chi connectivity index (χ0) is 3.58. The van der Waals surface area contributed by atoms with Gasteiger partial charge in [0.2, 0.25) is 0 Å². The maximum Gasteiger partial charge on any atom is 1.00 e. The molecule has 0 bridgehead atoms. The molecule has 0 aliphatic carbocycles. The normalized spacial score (nSPS) is 4.80. The summed E-state index contributed by atoms with van der Waals surface area (Å²) in [4.78, 5) is 8.56. The predicted molar refractivity (Wildman–Crippen MR) is 12.9 cm³/mol. The first kappa shape index (κ1) is 9.32. The van der Waals surface area contributed by atoms with E-state index in [9.17, 15) is 0 Å². The molecule has 0 aliphatic rings. The van der Waals surface area contributed by atoms with Crippen LogP contribution in [0.15, 0.2) is 0 Å². The van der Waals surface area contributed by atoms with Gasteiger partial charge in [0.1, 0.15) is 0 Å². The number of hydrogen-bond donors (Lipinski definition) is 2. The summed E-state index contributed by atoms with van der Waals surface area (Å²) in [5.41, 5.74) is 0. The third-order valence-electron chi connectivity index (χ3n) is 0. The maximum absolute atomic E-state index is 8.56. The van der Waals surface area contributed by atoms with Crippen molar-refractivity contribution in [2.75, 3.05) is 0 Å². The van der Waals surface area contributed by atoms with Crippen molar-refractivity contribution in [2.24, 2.45) is 0 Å². The largest absolute Gasteiger partial charge is 1.00 e. The van der Waals surface area contributed by atoms with Crippen LogP contribution in [0.4, 0.5) is 4.79 Å². The van der Waals surface area contributed by atoms with Crippen molar-refractivity contribution in [2.45, 2.75) is 0 Å². The third-order valence-corrected chi connectivity index (χ3v) is 0. The molecular formula is CH4KO3+. The maximum atomic E-state index is 8.56. The Morgan fingerprint density at radius 1 is 1.80 bits per heavy atom. The van der Waals surface area contributed by atoms with Crippen LogP contribution in [0.5, 0.6) is 0 Å². The van der Waals surface area contributed by atoms with E-state index in [2.05, 4.69) is 0 Å². The van der Waals surface area contributed by atoms with Gasteiger partial charge in [-0.2, -0.15) is 0 Å². The second-order valence-electron chi connectivity index (χ2n) is 0.283. The molecule has 2 N–H and O–H groups in total. The Kier molecular flexibility index (Phi) is 9.14. The van der Waals surface area contributed by atoms with Crippen molar-refractivity contribution in [3.8, 4) is 0 Å². The summed E-state index contributed by atoms with van der Waals surface area (Å²) in [5.74, 6) is 0. The molecule has 0 aliphatic heterocycles. The molecular weight excluding hydrogens is 99.1 g/mol. The summed E-state index contributed by atoms with van der Waals surface area (Å²) in [5, 5.41) is 13.9. The van der Waals surface area contributed by atoms with E-state index in [0.29, 0.717) is 0 Å². The van der Waals surface area contributed by atoms with Gasteiger partial charge in [-0.3, -0.25) is 0 Å². The molecule has 0 aromatic heterocycles. The molecule has 0 saturated heterocycles. The van der Waals surface area contributed by atoms with E-state index in [0.717, 1.165) is 0 Å². The van der Waals surface area contributed by atoms with Crippen molar-refractivity contribution in [3.05, 3.63) is 0 Å². The van der Waals surface area contributed by atoms with Crippen molar-refractivity contribution < 1.29 is 69.2 Å². The van der Waals surface area contributed by atoms with E-state index in [1.165, 1.54) is 0 Å². The van der Waals surface area contributed by atoms with Crippen LogP contribution < -0.4 is 51.4 Å². The molecule has 0 saturated carbocycles. The predicted octanol–water partition coefficient (Wildman–Crippen LogP) is -2.55. The summed E-state index contributed by atoms with van der Waals surface area (Å²) in [7, 11) is 0. The van der Waals surface area contributed by atoms with Crippen molar-refractivity contribution in [3.63, 3.8) is 0 Å². The molecule has 0 aromatic carbocycles. The van der Waals surface area contributed by atoms with Crippen LogP contribution in [0.2, 0.25) is 0 Å². The molecule has 0 amide bonds. The molecule has 0 atom stereocenters. The minimum absolute atomic E-state index is 0. The van der Waals surface area contributed by atoms with Gasteiger partial charge in [-0.15, -0.1) is 0 Å². The van der Waals surface area contributed by atoms with Gasteiger partial charge in [0.15, 0.2) is 0 Å². The van der Waals surface area contributed by atoms with Crippen LogP contribution in [0, 0.1) is 0 Å². The molecule has 0 spiro atoms. The Morgan fingerprint density at radius 3 is 1.80 bits per heavy atom. The van der Waals surface area contributed by atoms with Crippen LogP contribution in [0.25, 0.3) is 0 Å². The summed E-state index contributed by atoms with van der Waals surface area (Å²) in [6.07, 6.45) is -1.83. The molecule has 4 heteroatoms. The first-order chi connectivity index (χ1) is 1.73. The Morgan fingerprint density at radius 2 is 1.80 bits per heavy atom. The molecule has 0 unspecified atom stereocenters. The zero-order valence-corrected chi connectivity index (χ0v) is 5.93. The third kappa shape index (κ3) is 50.4. The van der Waals surface area contributed by atoms with Gasteiger partial charge in [-0.1, -0.05) is 0 Å². The first-order valence-electron chi connectivity index (χ1n) is 0.651. The summed E-state index contributed by atoms with van der Waals surface area (Å²) in [6.45, 7) is 0. The second kappa shape index (κ2) is 4.91. The van der Waals surface area contributed by atoms with Gasteiger partial charge in [-0.25, -0.2) is 4.79 Å². The summed E-state index contributed by atoms with van der Waals surface area (Å²) in [6, 6.07) is 0. The van der Waals surface area contributed by atoms with Crippen LogP contribution >= 0.6 is 0 Å². The van der Waals surface area contributed by atoms with E-state index < -0.39 is 6.16 Å². The average Bonchev–Trinajstić information content (AvgIpc) is 0.811. The van der Waals surface area contributed by atoms with Gasteiger partial charge < -0.3 is 11.6 Å². The van der Waals surface area contributed by atoms with E-state index in [1.807, 2.05) is 0 Å². The molecule has 5 heavy (non-hydrogen) atoms. The van der Waals surface area contributed by atoms with Crippen LogP contribution in [-0.2, 0) is 0 Å². The summed E-state index contributed by atoms with van der Waals surface area (Å²) >= 11 is 0. The Labute approximate surface area is 74.4 Å². The van der Waals surface area contributed by atoms with Crippen molar-refractivity contribution in [1.29, 1.82) is 0 Å². The Balaban J connectivity index is -0.0000000150. The average molecular weight is 103 g/mol. The molecule has 0 rings (SSSR count). The van der Waals surface area contributed by atoms with Crippen LogP contribution in [0.1, 0.15) is 2.85 Å². The fraction of sp³-hybridized carbons (Fsp3) is 0. The van der Waals surface area contributed by atoms with Gasteiger partial charge in [0.05, 0.1) is 0 Å². The van der Waals surface area contributed by atoms with Gasteiger partial charge in [0, 0.05) is 0 Å². The molecule has 0 radical (unpaired) electrons. The Hall–Kier alpha value is 0.906. The van der Waals surface area contributed by atoms with Gasteiger partial charge >= 0.3 is 59.0 Å².